The molecule has 0 aromatic heterocycles. The molecular weight excluding hydrogens is 280 g/mol. The molecule has 0 amide bonds. The van der Waals surface area contributed by atoms with Crippen LogP contribution in [0.15, 0.2) is 46.2 Å². The van der Waals surface area contributed by atoms with Crippen LogP contribution >= 0.6 is 11.8 Å². The van der Waals surface area contributed by atoms with E-state index in [0.29, 0.717) is 11.7 Å². The van der Waals surface area contributed by atoms with E-state index in [2.05, 4.69) is 44.2 Å². The largest absolute Gasteiger partial charge is 0.365 e. The van der Waals surface area contributed by atoms with Gasteiger partial charge >= 0.3 is 0 Å². The maximum absolute atomic E-state index is 12.3. The van der Waals surface area contributed by atoms with Crippen molar-refractivity contribution in [2.45, 2.75) is 43.8 Å². The van der Waals surface area contributed by atoms with Gasteiger partial charge in [0.15, 0.2) is 0 Å². The fraction of sp³-hybridized carbons (Fsp3) is 0.500. The molecule has 1 saturated carbocycles. The van der Waals surface area contributed by atoms with Crippen molar-refractivity contribution in [3.05, 3.63) is 41.3 Å². The van der Waals surface area contributed by atoms with Crippen LogP contribution in [0.5, 0.6) is 0 Å². The van der Waals surface area contributed by atoms with Crippen LogP contribution in [0.25, 0.3) is 0 Å². The van der Waals surface area contributed by atoms with Crippen LogP contribution in [0, 0.1) is 17.3 Å². The fourth-order valence-corrected chi connectivity index (χ4v) is 5.24. The Morgan fingerprint density at radius 3 is 2.76 bits per heavy atom. The molecule has 0 spiro atoms. The van der Waals surface area contributed by atoms with Crippen molar-refractivity contribution in [1.82, 2.24) is 0 Å². The molecule has 110 valence electrons. The Hall–Kier alpha value is -1.06. The normalized spacial score (nSPS) is 36.5. The van der Waals surface area contributed by atoms with E-state index in [1.165, 1.54) is 9.80 Å². The summed E-state index contributed by atoms with van der Waals surface area (Å²) in [5.41, 5.74) is 0.189. The first-order chi connectivity index (χ1) is 10.1. The van der Waals surface area contributed by atoms with Crippen LogP contribution in [0.4, 0.5) is 0 Å². The number of Topliss-reactive ketones (excluding diaryl/α,β-unsaturated/α-hetero) is 1. The van der Waals surface area contributed by atoms with E-state index in [1.807, 2.05) is 6.07 Å². The second-order valence-corrected chi connectivity index (χ2v) is 8.16. The number of hydrogen-bond donors (Lipinski definition) is 0. The standard InChI is InChI=1S/C18H20O2S/c1-18(2)9-8-12(19)15-13-10-14(17(20-13)16(15)18)21-11-6-4-3-5-7-11/h3-7,10,13,15-17H,8-9H2,1-2H3/t13-,15-,16-,17+/m1/s1. The number of thioether (sulfide) groups is 1. The smallest absolute Gasteiger partial charge is 0.139 e. The molecular formula is C18H20O2S. The third kappa shape index (κ3) is 2.09. The van der Waals surface area contributed by atoms with E-state index in [4.69, 9.17) is 4.74 Å². The molecule has 1 saturated heterocycles. The Labute approximate surface area is 130 Å². The molecule has 0 unspecified atom stereocenters. The second kappa shape index (κ2) is 4.72. The maximum atomic E-state index is 12.3. The maximum Gasteiger partial charge on any atom is 0.139 e. The second-order valence-electron chi connectivity index (χ2n) is 7.01. The zero-order valence-electron chi connectivity index (χ0n) is 12.4. The fourth-order valence-electron chi connectivity index (χ4n) is 4.15. The lowest BCUT2D eigenvalue weighted by Crippen LogP contribution is -2.45. The molecule has 2 aliphatic heterocycles. The van der Waals surface area contributed by atoms with Crippen LogP contribution in [0.3, 0.4) is 0 Å². The SMILES string of the molecule is CC1(C)CCC(=O)[C@H]2[C@@H]1[C@H]1O[C@@H]2C=C1Sc1ccccc1. The van der Waals surface area contributed by atoms with Crippen LogP contribution in [-0.2, 0) is 9.53 Å². The van der Waals surface area contributed by atoms with Gasteiger partial charge in [0.2, 0.25) is 0 Å². The number of ether oxygens (including phenoxy) is 1. The molecule has 4 atom stereocenters. The van der Waals surface area contributed by atoms with Gasteiger partial charge in [0, 0.05) is 22.1 Å². The zero-order valence-corrected chi connectivity index (χ0v) is 13.2. The number of ketones is 1. The highest BCUT2D eigenvalue weighted by atomic mass is 32.2. The van der Waals surface area contributed by atoms with Crippen LogP contribution in [0.2, 0.25) is 0 Å². The minimum Gasteiger partial charge on any atom is -0.365 e. The molecule has 0 radical (unpaired) electrons. The van der Waals surface area contributed by atoms with E-state index < -0.39 is 0 Å². The summed E-state index contributed by atoms with van der Waals surface area (Å²) in [5, 5.41) is 0. The first kappa shape index (κ1) is 13.6. The van der Waals surface area contributed by atoms with Crippen molar-refractivity contribution in [2.24, 2.45) is 17.3 Å². The Morgan fingerprint density at radius 1 is 1.24 bits per heavy atom. The highest BCUT2D eigenvalue weighted by molar-refractivity contribution is 8.03. The highest BCUT2D eigenvalue weighted by Crippen LogP contribution is 2.57. The molecule has 1 aromatic rings. The van der Waals surface area contributed by atoms with Crippen molar-refractivity contribution in [3.8, 4) is 0 Å². The van der Waals surface area contributed by atoms with Crippen LogP contribution in [-0.4, -0.2) is 18.0 Å². The van der Waals surface area contributed by atoms with E-state index in [-0.39, 0.29) is 23.5 Å². The first-order valence-corrected chi connectivity index (χ1v) is 8.51. The molecule has 4 rings (SSSR count). The average molecular weight is 300 g/mol. The zero-order chi connectivity index (χ0) is 14.6. The van der Waals surface area contributed by atoms with E-state index >= 15 is 0 Å². The Balaban J connectivity index is 1.64. The third-order valence-corrected chi connectivity index (χ3v) is 6.36. The van der Waals surface area contributed by atoms with Crippen LogP contribution in [0.1, 0.15) is 26.7 Å². The van der Waals surface area contributed by atoms with Crippen molar-refractivity contribution < 1.29 is 9.53 Å². The lowest BCUT2D eigenvalue weighted by molar-refractivity contribution is -0.130. The van der Waals surface area contributed by atoms with Gasteiger partial charge in [-0.1, -0.05) is 43.8 Å². The van der Waals surface area contributed by atoms with Gasteiger partial charge in [-0.25, -0.2) is 0 Å². The van der Waals surface area contributed by atoms with Gasteiger partial charge in [-0.15, -0.1) is 0 Å². The Kier molecular flexibility index (Phi) is 3.05. The number of carbonyl (C=O) groups excluding carboxylic acids is 1. The first-order valence-electron chi connectivity index (χ1n) is 7.69. The van der Waals surface area contributed by atoms with E-state index in [0.717, 1.165) is 12.8 Å². The summed E-state index contributed by atoms with van der Waals surface area (Å²) >= 11 is 1.80. The highest BCUT2D eigenvalue weighted by Gasteiger charge is 2.59. The summed E-state index contributed by atoms with van der Waals surface area (Å²) in [4.78, 5) is 14.9. The summed E-state index contributed by atoms with van der Waals surface area (Å²) < 4.78 is 6.18. The van der Waals surface area contributed by atoms with Crippen molar-refractivity contribution in [2.75, 3.05) is 0 Å². The minimum absolute atomic E-state index is 0.0123. The van der Waals surface area contributed by atoms with Gasteiger partial charge in [-0.2, -0.15) is 0 Å². The van der Waals surface area contributed by atoms with Gasteiger partial charge in [-0.3, -0.25) is 4.79 Å². The molecule has 1 aromatic carbocycles. The predicted molar refractivity (Wildman–Crippen MR) is 84.0 cm³/mol. The number of hydrogen-bond acceptors (Lipinski definition) is 3. The summed E-state index contributed by atoms with van der Waals surface area (Å²) in [6, 6.07) is 10.4. The molecule has 21 heavy (non-hydrogen) atoms. The molecule has 2 heterocycles. The molecule has 2 nitrogen and oxygen atoms in total. The molecule has 1 aliphatic carbocycles. The van der Waals surface area contributed by atoms with Crippen molar-refractivity contribution >= 4 is 17.5 Å². The van der Waals surface area contributed by atoms with Gasteiger partial charge < -0.3 is 4.74 Å². The minimum atomic E-state index is 0.0123. The quantitative estimate of drug-likeness (QED) is 0.823. The lowest BCUT2D eigenvalue weighted by Gasteiger charge is -2.43. The number of rotatable bonds is 2. The molecule has 2 fully saturated rings. The Morgan fingerprint density at radius 2 is 2.00 bits per heavy atom. The van der Waals surface area contributed by atoms with E-state index in [1.54, 1.807) is 11.8 Å². The molecule has 2 bridgehead atoms. The Bertz CT molecular complexity index is 605. The van der Waals surface area contributed by atoms with Gasteiger partial charge in [0.25, 0.3) is 0 Å². The van der Waals surface area contributed by atoms with E-state index in [9.17, 15) is 4.79 Å². The summed E-state index contributed by atoms with van der Waals surface area (Å²) in [6.45, 7) is 4.60. The number of benzene rings is 1. The van der Waals surface area contributed by atoms with Crippen molar-refractivity contribution in [1.29, 1.82) is 0 Å². The summed E-state index contributed by atoms with van der Waals surface area (Å²) in [7, 11) is 0. The predicted octanol–water partition coefficient (Wildman–Crippen LogP) is 4.07. The number of fused-ring (bicyclic) bond motifs is 5. The number of carbonyl (C=O) groups is 1. The monoisotopic (exact) mass is 300 g/mol. The summed E-state index contributed by atoms with van der Waals surface area (Å²) in [5.74, 6) is 0.852. The van der Waals surface area contributed by atoms with Crippen molar-refractivity contribution in [3.63, 3.8) is 0 Å². The average Bonchev–Trinajstić information content (AvgIpc) is 3.03. The third-order valence-electron chi connectivity index (χ3n) is 5.25. The summed E-state index contributed by atoms with van der Waals surface area (Å²) in [6.07, 6.45) is 4.03. The van der Waals surface area contributed by atoms with Gasteiger partial charge in [0.1, 0.15) is 5.78 Å². The molecule has 3 heteroatoms. The van der Waals surface area contributed by atoms with Gasteiger partial charge in [0.05, 0.1) is 18.1 Å². The molecule has 3 aliphatic rings. The van der Waals surface area contributed by atoms with Crippen LogP contribution < -0.4 is 0 Å². The topological polar surface area (TPSA) is 26.3 Å². The van der Waals surface area contributed by atoms with Gasteiger partial charge in [-0.05, 0) is 30.0 Å². The molecule has 0 N–H and O–H groups in total. The lowest BCUT2D eigenvalue weighted by atomic mass is 9.60.